The van der Waals surface area contributed by atoms with E-state index in [4.69, 9.17) is 0 Å². The van der Waals surface area contributed by atoms with Gasteiger partial charge in [0.25, 0.3) is 0 Å². The van der Waals surface area contributed by atoms with Crippen molar-refractivity contribution in [2.45, 2.75) is 31.1 Å². The van der Waals surface area contributed by atoms with E-state index < -0.39 is 0 Å². The van der Waals surface area contributed by atoms with E-state index in [2.05, 4.69) is 22.0 Å². The van der Waals surface area contributed by atoms with Crippen LogP contribution in [0.4, 0.5) is 4.39 Å². The molecule has 2 aromatic rings. The highest BCUT2D eigenvalue weighted by Crippen LogP contribution is 2.41. The lowest BCUT2D eigenvalue weighted by Crippen LogP contribution is -2.50. The van der Waals surface area contributed by atoms with Gasteiger partial charge >= 0.3 is 0 Å². The van der Waals surface area contributed by atoms with Crippen LogP contribution < -0.4 is 0 Å². The highest BCUT2D eigenvalue weighted by molar-refractivity contribution is 5.59. The smallest absolute Gasteiger partial charge is 0.123 e. The Morgan fingerprint density at radius 3 is 2.32 bits per heavy atom. The topological polar surface area (TPSA) is 16.1 Å². The molecule has 2 nitrogen and oxygen atoms in total. The number of fused-ring (bicyclic) bond motifs is 2. The summed E-state index contributed by atoms with van der Waals surface area (Å²) in [5.74, 6) is -0.205. The molecule has 2 fully saturated rings. The van der Waals surface area contributed by atoms with Crippen LogP contribution in [0, 0.1) is 5.82 Å². The van der Waals surface area contributed by atoms with Gasteiger partial charge in [0.2, 0.25) is 0 Å². The maximum absolute atomic E-state index is 13.0. The summed E-state index contributed by atoms with van der Waals surface area (Å²) in [6, 6.07) is 10.9. The maximum Gasteiger partial charge on any atom is 0.123 e. The Hall–Kier alpha value is -1.74. The number of benzene rings is 1. The molecule has 2 saturated heterocycles. The number of aromatic nitrogens is 1. The molecule has 0 spiro atoms. The summed E-state index contributed by atoms with van der Waals surface area (Å²) in [5, 5.41) is 0. The highest BCUT2D eigenvalue weighted by atomic mass is 19.1. The third-order valence-corrected chi connectivity index (χ3v) is 5.30. The van der Waals surface area contributed by atoms with Crippen LogP contribution in [0.3, 0.4) is 0 Å². The van der Waals surface area contributed by atoms with Crippen LogP contribution in [0.5, 0.6) is 0 Å². The van der Waals surface area contributed by atoms with Crippen molar-refractivity contribution in [3.8, 4) is 11.3 Å². The predicted octanol–water partition coefficient (Wildman–Crippen LogP) is 4.02. The molecule has 0 atom stereocenters. The second-order valence-corrected chi connectivity index (χ2v) is 6.70. The lowest BCUT2D eigenvalue weighted by molar-refractivity contribution is 0.0941. The maximum atomic E-state index is 13.0. The molecule has 3 heterocycles. The van der Waals surface area contributed by atoms with Gasteiger partial charge in [-0.1, -0.05) is 6.07 Å². The molecule has 0 saturated carbocycles. The average molecular weight is 296 g/mol. The number of piperidine rings is 2. The number of nitrogens with zero attached hydrogens (tertiary/aromatic N) is 2. The number of rotatable bonds is 2. The summed E-state index contributed by atoms with van der Waals surface area (Å²) in [4.78, 5) is 7.25. The first-order valence-electron chi connectivity index (χ1n) is 8.20. The summed E-state index contributed by atoms with van der Waals surface area (Å²) < 4.78 is 13.0. The predicted molar refractivity (Wildman–Crippen MR) is 86.2 cm³/mol. The van der Waals surface area contributed by atoms with Crippen LogP contribution in [0.1, 0.15) is 31.2 Å². The van der Waals surface area contributed by atoms with Crippen molar-refractivity contribution in [2.75, 3.05) is 19.6 Å². The molecular formula is C19H21FN2. The number of hydrogen-bond acceptors (Lipinski definition) is 2. The Kier molecular flexibility index (Phi) is 3.45. The van der Waals surface area contributed by atoms with E-state index in [1.54, 1.807) is 12.1 Å². The SMILES string of the molecule is Fc1ccc(-c2ccc(C34CCCN(CCC3)C4)cn2)cc1. The Bertz CT molecular complexity index is 638. The average Bonchev–Trinajstić information content (AvgIpc) is 2.56. The van der Waals surface area contributed by atoms with E-state index in [1.807, 2.05) is 6.20 Å². The molecule has 2 bridgehead atoms. The lowest BCUT2D eigenvalue weighted by Gasteiger charge is -2.47. The minimum Gasteiger partial charge on any atom is -0.302 e. The van der Waals surface area contributed by atoms with E-state index >= 15 is 0 Å². The van der Waals surface area contributed by atoms with Gasteiger partial charge < -0.3 is 4.90 Å². The van der Waals surface area contributed by atoms with Crippen molar-refractivity contribution in [1.29, 1.82) is 0 Å². The van der Waals surface area contributed by atoms with Gasteiger partial charge in [-0.25, -0.2) is 4.39 Å². The molecule has 3 heteroatoms. The van der Waals surface area contributed by atoms with Crippen LogP contribution in [-0.4, -0.2) is 29.5 Å². The standard InChI is InChI=1S/C19H21FN2/c20-17-6-3-15(4-7-17)18-8-5-16(13-21-18)19-9-1-11-22(14-19)12-2-10-19/h3-8,13H,1-2,9-12,14H2. The first kappa shape index (κ1) is 13.9. The molecule has 2 aliphatic rings. The molecule has 1 aromatic carbocycles. The van der Waals surface area contributed by atoms with Crippen molar-refractivity contribution >= 4 is 0 Å². The van der Waals surface area contributed by atoms with Gasteiger partial charge in [-0.3, -0.25) is 4.98 Å². The van der Waals surface area contributed by atoms with Crippen molar-refractivity contribution < 1.29 is 4.39 Å². The number of pyridine rings is 1. The number of hydrogen-bond donors (Lipinski definition) is 0. The van der Waals surface area contributed by atoms with E-state index in [9.17, 15) is 4.39 Å². The molecule has 0 amide bonds. The first-order chi connectivity index (χ1) is 10.8. The Morgan fingerprint density at radius 1 is 0.955 bits per heavy atom. The van der Waals surface area contributed by atoms with Gasteiger partial charge in [-0.05, 0) is 74.7 Å². The summed E-state index contributed by atoms with van der Waals surface area (Å²) in [6.45, 7) is 3.69. The zero-order chi connectivity index (χ0) is 15.0. The molecular weight excluding hydrogens is 275 g/mol. The van der Waals surface area contributed by atoms with E-state index in [0.717, 1.165) is 11.3 Å². The quantitative estimate of drug-likeness (QED) is 0.832. The minimum atomic E-state index is -0.205. The third kappa shape index (κ3) is 2.44. The second-order valence-electron chi connectivity index (χ2n) is 6.70. The third-order valence-electron chi connectivity index (χ3n) is 5.30. The summed E-state index contributed by atoms with van der Waals surface area (Å²) in [6.07, 6.45) is 7.19. The fourth-order valence-electron chi connectivity index (χ4n) is 4.14. The monoisotopic (exact) mass is 296 g/mol. The van der Waals surface area contributed by atoms with Gasteiger partial charge in [0.1, 0.15) is 5.82 Å². The Balaban J connectivity index is 1.62. The van der Waals surface area contributed by atoms with E-state index in [0.29, 0.717) is 5.41 Å². The van der Waals surface area contributed by atoms with Gasteiger partial charge in [-0.15, -0.1) is 0 Å². The van der Waals surface area contributed by atoms with E-state index in [1.165, 1.54) is 63.0 Å². The van der Waals surface area contributed by atoms with Crippen LogP contribution >= 0.6 is 0 Å². The van der Waals surface area contributed by atoms with Gasteiger partial charge in [0.05, 0.1) is 5.69 Å². The van der Waals surface area contributed by atoms with Crippen molar-refractivity contribution in [2.24, 2.45) is 0 Å². The summed E-state index contributed by atoms with van der Waals surface area (Å²) >= 11 is 0. The molecule has 1 aromatic heterocycles. The lowest BCUT2D eigenvalue weighted by atomic mass is 9.69. The van der Waals surface area contributed by atoms with Gasteiger partial charge in [-0.2, -0.15) is 0 Å². The van der Waals surface area contributed by atoms with Gasteiger partial charge in [0, 0.05) is 23.7 Å². The second kappa shape index (κ2) is 5.47. The molecule has 114 valence electrons. The van der Waals surface area contributed by atoms with Crippen LogP contribution in [-0.2, 0) is 5.41 Å². The number of halogens is 1. The minimum absolute atomic E-state index is 0.205. The van der Waals surface area contributed by atoms with Crippen molar-refractivity contribution in [1.82, 2.24) is 9.88 Å². The van der Waals surface area contributed by atoms with Crippen molar-refractivity contribution in [3.63, 3.8) is 0 Å². The van der Waals surface area contributed by atoms with Gasteiger partial charge in [0.15, 0.2) is 0 Å². The molecule has 0 aliphatic carbocycles. The fraction of sp³-hybridized carbons (Fsp3) is 0.421. The molecule has 0 radical (unpaired) electrons. The van der Waals surface area contributed by atoms with Crippen LogP contribution in [0.25, 0.3) is 11.3 Å². The fourth-order valence-corrected chi connectivity index (χ4v) is 4.14. The Morgan fingerprint density at radius 2 is 1.68 bits per heavy atom. The van der Waals surface area contributed by atoms with Crippen LogP contribution in [0.15, 0.2) is 42.6 Å². The summed E-state index contributed by atoms with van der Waals surface area (Å²) in [5.41, 5.74) is 3.58. The zero-order valence-corrected chi connectivity index (χ0v) is 12.8. The molecule has 0 unspecified atom stereocenters. The molecule has 2 aliphatic heterocycles. The Labute approximate surface area is 131 Å². The normalized spacial score (nSPS) is 27.6. The molecule has 22 heavy (non-hydrogen) atoms. The largest absolute Gasteiger partial charge is 0.302 e. The molecule has 0 N–H and O–H groups in total. The van der Waals surface area contributed by atoms with E-state index in [-0.39, 0.29) is 5.82 Å². The first-order valence-corrected chi connectivity index (χ1v) is 8.20. The summed E-state index contributed by atoms with van der Waals surface area (Å²) in [7, 11) is 0. The van der Waals surface area contributed by atoms with Crippen molar-refractivity contribution in [3.05, 3.63) is 54.0 Å². The zero-order valence-electron chi connectivity index (χ0n) is 12.8. The highest BCUT2D eigenvalue weighted by Gasteiger charge is 2.39. The molecule has 4 rings (SSSR count). The van der Waals surface area contributed by atoms with Crippen LogP contribution in [0.2, 0.25) is 0 Å².